The largest absolute Gasteiger partial charge is 0.252 e. The molecule has 0 bridgehead atoms. The zero-order valence-corrected chi connectivity index (χ0v) is 15.4. The van der Waals surface area contributed by atoms with Crippen molar-refractivity contribution in [2.24, 2.45) is 0 Å². The molecule has 0 N–H and O–H groups in total. The van der Waals surface area contributed by atoms with Crippen LogP contribution in [0.1, 0.15) is 18.9 Å². The van der Waals surface area contributed by atoms with Crippen molar-refractivity contribution in [1.82, 2.24) is 4.31 Å². The number of thiophene rings is 1. The zero-order valence-electron chi connectivity index (χ0n) is 11.4. The van der Waals surface area contributed by atoms with Gasteiger partial charge < -0.3 is 0 Å². The van der Waals surface area contributed by atoms with Crippen LogP contribution in [0.15, 0.2) is 44.4 Å². The molecule has 2 rings (SSSR count). The van der Waals surface area contributed by atoms with Gasteiger partial charge in [-0.2, -0.15) is 4.31 Å². The molecule has 0 atom stereocenters. The van der Waals surface area contributed by atoms with E-state index in [-0.39, 0.29) is 4.21 Å². The summed E-state index contributed by atoms with van der Waals surface area (Å²) in [6, 6.07) is 11.1. The first kappa shape index (κ1) is 17.0. The zero-order chi connectivity index (χ0) is 15.5. The van der Waals surface area contributed by atoms with Gasteiger partial charge in [0.25, 0.3) is 10.0 Å². The van der Waals surface area contributed by atoms with E-state index in [0.29, 0.717) is 21.9 Å². The van der Waals surface area contributed by atoms with Gasteiger partial charge in [-0.05, 0) is 34.0 Å². The van der Waals surface area contributed by atoms with Crippen molar-refractivity contribution >= 4 is 48.9 Å². The average Bonchev–Trinajstić information content (AvgIpc) is 2.80. The third-order valence-corrected chi connectivity index (χ3v) is 7.66. The highest BCUT2D eigenvalue weighted by atomic mass is 79.9. The van der Waals surface area contributed by atoms with Gasteiger partial charge in [0.1, 0.15) is 4.21 Å². The summed E-state index contributed by atoms with van der Waals surface area (Å²) in [5, 5.41) is 0.426. The number of nitrogens with zero attached hydrogens (tertiary/aromatic N) is 1. The molecule has 114 valence electrons. The lowest BCUT2D eigenvalue weighted by Crippen LogP contribution is -2.30. The van der Waals surface area contributed by atoms with E-state index >= 15 is 0 Å². The highest BCUT2D eigenvalue weighted by Gasteiger charge is 2.26. The Hall–Kier alpha value is -0.400. The Morgan fingerprint density at radius 1 is 1.29 bits per heavy atom. The van der Waals surface area contributed by atoms with Crippen molar-refractivity contribution < 1.29 is 8.42 Å². The van der Waals surface area contributed by atoms with Gasteiger partial charge in [0, 0.05) is 13.1 Å². The monoisotopic (exact) mass is 407 g/mol. The lowest BCUT2D eigenvalue weighted by Gasteiger charge is -2.20. The van der Waals surface area contributed by atoms with E-state index in [2.05, 4.69) is 15.9 Å². The van der Waals surface area contributed by atoms with E-state index in [0.717, 1.165) is 23.3 Å². The molecule has 0 fully saturated rings. The van der Waals surface area contributed by atoms with Crippen LogP contribution in [0, 0.1) is 0 Å². The molecule has 7 heteroatoms. The number of hydrogen-bond acceptors (Lipinski definition) is 3. The summed E-state index contributed by atoms with van der Waals surface area (Å²) in [6.45, 7) is 2.80. The second-order valence-corrected chi connectivity index (χ2v) is 9.45. The minimum atomic E-state index is -3.53. The predicted octanol–water partition coefficient (Wildman–Crippen LogP) is 4.76. The Balaban J connectivity index is 2.32. The molecule has 0 spiro atoms. The van der Waals surface area contributed by atoms with E-state index in [4.69, 9.17) is 11.6 Å². The van der Waals surface area contributed by atoms with Gasteiger partial charge in [-0.1, -0.05) is 48.9 Å². The average molecular weight is 409 g/mol. The maximum atomic E-state index is 12.7. The van der Waals surface area contributed by atoms with Crippen LogP contribution >= 0.6 is 38.9 Å². The van der Waals surface area contributed by atoms with Crippen molar-refractivity contribution in [3.8, 4) is 0 Å². The minimum Gasteiger partial charge on any atom is -0.206 e. The molecule has 0 aliphatic heterocycles. The maximum absolute atomic E-state index is 12.7. The molecular weight excluding hydrogens is 394 g/mol. The van der Waals surface area contributed by atoms with E-state index < -0.39 is 10.0 Å². The number of benzene rings is 1. The molecule has 0 unspecified atom stereocenters. The van der Waals surface area contributed by atoms with Gasteiger partial charge in [0.15, 0.2) is 0 Å². The fourth-order valence-electron chi connectivity index (χ4n) is 1.90. The Morgan fingerprint density at radius 2 is 1.95 bits per heavy atom. The lowest BCUT2D eigenvalue weighted by molar-refractivity contribution is 0.407. The van der Waals surface area contributed by atoms with Crippen LogP contribution in [0.25, 0.3) is 0 Å². The molecule has 2 aromatic rings. The molecule has 0 radical (unpaired) electrons. The summed E-state index contributed by atoms with van der Waals surface area (Å²) in [7, 11) is -3.53. The SMILES string of the molecule is CCCN(Cc1ccccc1)S(=O)(=O)c1cc(Cl)c(Br)s1. The summed E-state index contributed by atoms with van der Waals surface area (Å²) in [5.74, 6) is 0. The Morgan fingerprint density at radius 3 is 2.48 bits per heavy atom. The van der Waals surface area contributed by atoms with Crippen molar-refractivity contribution in [3.63, 3.8) is 0 Å². The van der Waals surface area contributed by atoms with Crippen LogP contribution in [-0.4, -0.2) is 19.3 Å². The van der Waals surface area contributed by atoms with E-state index in [9.17, 15) is 8.42 Å². The highest BCUT2D eigenvalue weighted by molar-refractivity contribution is 9.11. The van der Waals surface area contributed by atoms with Gasteiger partial charge >= 0.3 is 0 Å². The van der Waals surface area contributed by atoms with E-state index in [1.165, 1.54) is 10.4 Å². The topological polar surface area (TPSA) is 37.4 Å². The van der Waals surface area contributed by atoms with Crippen LogP contribution in [0.2, 0.25) is 5.02 Å². The van der Waals surface area contributed by atoms with Gasteiger partial charge in [0.05, 0.1) is 8.81 Å². The number of halogens is 2. The minimum absolute atomic E-state index is 0.267. The first-order valence-corrected chi connectivity index (χ1v) is 9.86. The molecule has 1 heterocycles. The Labute approximate surface area is 142 Å². The third kappa shape index (κ3) is 4.07. The molecule has 21 heavy (non-hydrogen) atoms. The summed E-state index contributed by atoms with van der Waals surface area (Å²) in [4.78, 5) is 0. The molecule has 0 amide bonds. The smallest absolute Gasteiger partial charge is 0.206 e. The van der Waals surface area contributed by atoms with Crippen LogP contribution in [-0.2, 0) is 16.6 Å². The molecule has 0 saturated heterocycles. The summed E-state index contributed by atoms with van der Waals surface area (Å²) >= 11 is 10.4. The number of sulfonamides is 1. The highest BCUT2D eigenvalue weighted by Crippen LogP contribution is 2.36. The van der Waals surface area contributed by atoms with Gasteiger partial charge in [-0.25, -0.2) is 8.42 Å². The molecule has 0 aliphatic rings. The van der Waals surface area contributed by atoms with Crippen molar-refractivity contribution in [2.75, 3.05) is 6.54 Å². The molecule has 0 saturated carbocycles. The van der Waals surface area contributed by atoms with Crippen LogP contribution in [0.4, 0.5) is 0 Å². The summed E-state index contributed by atoms with van der Waals surface area (Å²) in [6.07, 6.45) is 0.756. The first-order chi connectivity index (χ1) is 9.95. The van der Waals surface area contributed by atoms with Gasteiger partial charge in [0.2, 0.25) is 0 Å². The Kier molecular flexibility index (Phi) is 5.85. The van der Waals surface area contributed by atoms with Crippen LogP contribution < -0.4 is 0 Å². The molecule has 3 nitrogen and oxygen atoms in total. The van der Waals surface area contributed by atoms with Crippen molar-refractivity contribution in [3.05, 3.63) is 50.8 Å². The third-order valence-electron chi connectivity index (χ3n) is 2.89. The molecular formula is C14H15BrClNO2S2. The van der Waals surface area contributed by atoms with Crippen molar-refractivity contribution in [2.45, 2.75) is 24.1 Å². The standard InChI is InChI=1S/C14H15BrClNO2S2/c1-2-8-17(10-11-6-4-3-5-7-11)21(18,19)13-9-12(16)14(15)20-13/h3-7,9H,2,8,10H2,1H3. The normalized spacial score (nSPS) is 12.0. The quantitative estimate of drug-likeness (QED) is 0.690. The van der Waals surface area contributed by atoms with Crippen molar-refractivity contribution in [1.29, 1.82) is 0 Å². The molecule has 1 aromatic carbocycles. The molecule has 0 aliphatic carbocycles. The second kappa shape index (κ2) is 7.24. The van der Waals surface area contributed by atoms with E-state index in [1.807, 2.05) is 37.3 Å². The summed E-state index contributed by atoms with van der Waals surface area (Å²) < 4.78 is 27.9. The number of hydrogen-bond donors (Lipinski definition) is 0. The Bertz CT molecular complexity index is 682. The van der Waals surface area contributed by atoms with Gasteiger partial charge in [-0.15, -0.1) is 11.3 Å². The maximum Gasteiger partial charge on any atom is 0.252 e. The number of rotatable bonds is 6. The fraction of sp³-hybridized carbons (Fsp3) is 0.286. The summed E-state index contributed by atoms with van der Waals surface area (Å²) in [5.41, 5.74) is 0.969. The fourth-order valence-corrected chi connectivity index (χ4v) is 5.98. The first-order valence-electron chi connectivity index (χ1n) is 6.44. The van der Waals surface area contributed by atoms with Crippen LogP contribution in [0.5, 0.6) is 0 Å². The molecule has 1 aromatic heterocycles. The predicted molar refractivity (Wildman–Crippen MR) is 91.4 cm³/mol. The van der Waals surface area contributed by atoms with Crippen LogP contribution in [0.3, 0.4) is 0 Å². The second-order valence-electron chi connectivity index (χ2n) is 4.51. The lowest BCUT2D eigenvalue weighted by atomic mass is 10.2. The van der Waals surface area contributed by atoms with Gasteiger partial charge in [-0.3, -0.25) is 0 Å². The van der Waals surface area contributed by atoms with E-state index in [1.54, 1.807) is 0 Å².